The van der Waals surface area contributed by atoms with Gasteiger partial charge in [-0.2, -0.15) is 0 Å². The molecule has 0 amide bonds. The van der Waals surface area contributed by atoms with Crippen LogP contribution in [-0.2, 0) is 16.6 Å². The van der Waals surface area contributed by atoms with E-state index < -0.39 is 20.8 Å². The Balaban J connectivity index is 1.57. The van der Waals surface area contributed by atoms with Crippen molar-refractivity contribution in [1.29, 1.82) is 0 Å². The monoisotopic (exact) mass is 503 g/mol. The Bertz CT molecular complexity index is 1260. The first-order valence-electron chi connectivity index (χ1n) is 10.8. The molecule has 3 aromatic rings. The van der Waals surface area contributed by atoms with E-state index in [0.29, 0.717) is 48.7 Å². The summed E-state index contributed by atoms with van der Waals surface area (Å²) in [5, 5.41) is 11.8. The van der Waals surface area contributed by atoms with Gasteiger partial charge in [-0.05, 0) is 61.4 Å². The van der Waals surface area contributed by atoms with E-state index in [1.165, 1.54) is 58.9 Å². The second-order valence-electron chi connectivity index (χ2n) is 8.12. The number of nitro groups is 1. The molecule has 3 aromatic carbocycles. The molecule has 0 spiro atoms. The molecule has 1 fully saturated rings. The van der Waals surface area contributed by atoms with Crippen LogP contribution in [-0.4, -0.2) is 37.4 Å². The molecule has 0 aromatic heterocycles. The van der Waals surface area contributed by atoms with Gasteiger partial charge in [0.2, 0.25) is 0 Å². The molecular formula is C24H23ClFN3O4S. The van der Waals surface area contributed by atoms with Crippen molar-refractivity contribution in [2.45, 2.75) is 30.3 Å². The predicted molar refractivity (Wildman–Crippen MR) is 129 cm³/mol. The van der Waals surface area contributed by atoms with Crippen LogP contribution in [0.25, 0.3) is 0 Å². The van der Waals surface area contributed by atoms with E-state index >= 15 is 0 Å². The summed E-state index contributed by atoms with van der Waals surface area (Å²) in [6.07, 6.45) is 1.04. The molecule has 34 heavy (non-hydrogen) atoms. The SMILES string of the molecule is O=[N+]([O-])c1ccccc1CN1CCC(N(c2ccc(F)cc2)S(=O)(=O)c2ccc(Cl)cc2)CC1. The number of rotatable bonds is 7. The van der Waals surface area contributed by atoms with Crippen molar-refractivity contribution in [3.05, 3.63) is 99.3 Å². The maximum absolute atomic E-state index is 13.6. The molecule has 0 unspecified atom stereocenters. The third-order valence-electron chi connectivity index (χ3n) is 5.92. The van der Waals surface area contributed by atoms with Gasteiger partial charge < -0.3 is 0 Å². The lowest BCUT2D eigenvalue weighted by Gasteiger charge is -2.39. The summed E-state index contributed by atoms with van der Waals surface area (Å²) in [7, 11) is -3.93. The van der Waals surface area contributed by atoms with Crippen LogP contribution in [0.15, 0.2) is 77.7 Å². The summed E-state index contributed by atoms with van der Waals surface area (Å²) in [5.41, 5.74) is 1.08. The van der Waals surface area contributed by atoms with Gasteiger partial charge in [0.15, 0.2) is 0 Å². The average molecular weight is 504 g/mol. The van der Waals surface area contributed by atoms with E-state index in [1.807, 2.05) is 0 Å². The number of benzene rings is 3. The summed E-state index contributed by atoms with van der Waals surface area (Å²) in [4.78, 5) is 13.1. The maximum Gasteiger partial charge on any atom is 0.273 e. The van der Waals surface area contributed by atoms with Crippen molar-refractivity contribution in [3.8, 4) is 0 Å². The predicted octanol–water partition coefficient (Wildman–Crippen LogP) is 5.25. The number of nitro benzene ring substituents is 1. The Kier molecular flexibility index (Phi) is 7.16. The van der Waals surface area contributed by atoms with Crippen LogP contribution >= 0.6 is 11.6 Å². The van der Waals surface area contributed by atoms with Gasteiger partial charge in [0, 0.05) is 42.3 Å². The lowest BCUT2D eigenvalue weighted by Crippen LogP contribution is -2.47. The molecule has 0 saturated carbocycles. The standard InChI is InChI=1S/C24H23ClFN3O4S/c25-19-5-11-23(12-6-19)34(32,33)28(21-9-7-20(26)8-10-21)22-13-15-27(16-14-22)17-18-3-1-2-4-24(18)29(30)31/h1-12,22H,13-17H2. The molecule has 7 nitrogen and oxygen atoms in total. The third kappa shape index (κ3) is 5.22. The quantitative estimate of drug-likeness (QED) is 0.325. The molecule has 0 atom stereocenters. The zero-order valence-electron chi connectivity index (χ0n) is 18.2. The molecule has 1 aliphatic heterocycles. The molecule has 1 saturated heterocycles. The highest BCUT2D eigenvalue weighted by Gasteiger charge is 2.34. The first kappa shape index (κ1) is 24.1. The van der Waals surface area contributed by atoms with Crippen molar-refractivity contribution in [1.82, 2.24) is 4.90 Å². The Hall–Kier alpha value is -3.01. The first-order chi connectivity index (χ1) is 16.3. The molecular weight excluding hydrogens is 481 g/mol. The molecule has 10 heteroatoms. The van der Waals surface area contributed by atoms with Crippen LogP contribution in [0.4, 0.5) is 15.8 Å². The fraction of sp³-hybridized carbons (Fsp3) is 0.250. The van der Waals surface area contributed by atoms with E-state index in [2.05, 4.69) is 4.90 Å². The molecule has 0 radical (unpaired) electrons. The topological polar surface area (TPSA) is 83.8 Å². The molecule has 0 N–H and O–H groups in total. The van der Waals surface area contributed by atoms with E-state index in [9.17, 15) is 22.9 Å². The van der Waals surface area contributed by atoms with Crippen molar-refractivity contribution in [2.24, 2.45) is 0 Å². The van der Waals surface area contributed by atoms with E-state index in [4.69, 9.17) is 11.6 Å². The summed E-state index contributed by atoms with van der Waals surface area (Å²) in [5.74, 6) is -0.452. The van der Waals surface area contributed by atoms with Crippen molar-refractivity contribution in [2.75, 3.05) is 17.4 Å². The number of halogens is 2. The summed E-state index contributed by atoms with van der Waals surface area (Å²) in [6.45, 7) is 1.53. The number of hydrogen-bond donors (Lipinski definition) is 0. The van der Waals surface area contributed by atoms with Gasteiger partial charge in [-0.3, -0.25) is 19.3 Å². The van der Waals surface area contributed by atoms with Crippen LogP contribution in [0.2, 0.25) is 5.02 Å². The van der Waals surface area contributed by atoms with Gasteiger partial charge in [0.25, 0.3) is 15.7 Å². The molecule has 1 heterocycles. The van der Waals surface area contributed by atoms with Gasteiger partial charge in [0.05, 0.1) is 15.5 Å². The fourth-order valence-electron chi connectivity index (χ4n) is 4.23. The lowest BCUT2D eigenvalue weighted by atomic mass is 10.0. The molecule has 178 valence electrons. The van der Waals surface area contributed by atoms with Gasteiger partial charge in [-0.1, -0.05) is 29.8 Å². The Morgan fingerprint density at radius 2 is 1.62 bits per heavy atom. The van der Waals surface area contributed by atoms with Crippen LogP contribution < -0.4 is 4.31 Å². The van der Waals surface area contributed by atoms with Gasteiger partial charge in [-0.25, -0.2) is 12.8 Å². The highest BCUT2D eigenvalue weighted by atomic mass is 35.5. The van der Waals surface area contributed by atoms with Crippen LogP contribution in [0, 0.1) is 15.9 Å². The second kappa shape index (κ2) is 10.1. The third-order valence-corrected chi connectivity index (χ3v) is 8.07. The van der Waals surface area contributed by atoms with Crippen LogP contribution in [0.1, 0.15) is 18.4 Å². The Morgan fingerprint density at radius 1 is 1.00 bits per heavy atom. The summed E-state index contributed by atoms with van der Waals surface area (Å²) >= 11 is 5.94. The smallest absolute Gasteiger partial charge is 0.273 e. The summed E-state index contributed by atoms with van der Waals surface area (Å²) in [6, 6.07) is 17.6. The number of nitrogens with zero attached hydrogens (tertiary/aromatic N) is 3. The van der Waals surface area contributed by atoms with E-state index in [0.717, 1.165) is 0 Å². The average Bonchev–Trinajstić information content (AvgIpc) is 2.82. The normalized spacial score (nSPS) is 15.2. The van der Waals surface area contributed by atoms with Crippen LogP contribution in [0.3, 0.4) is 0 Å². The molecule has 1 aliphatic rings. The van der Waals surface area contributed by atoms with Crippen molar-refractivity contribution in [3.63, 3.8) is 0 Å². The zero-order valence-corrected chi connectivity index (χ0v) is 19.8. The molecule has 0 aliphatic carbocycles. The molecule has 0 bridgehead atoms. The second-order valence-corrected chi connectivity index (χ2v) is 10.4. The fourth-order valence-corrected chi connectivity index (χ4v) is 6.07. The summed E-state index contributed by atoms with van der Waals surface area (Å²) < 4.78 is 42.2. The largest absolute Gasteiger partial charge is 0.299 e. The van der Waals surface area contributed by atoms with Crippen molar-refractivity contribution >= 4 is 33.0 Å². The first-order valence-corrected chi connectivity index (χ1v) is 12.6. The van der Waals surface area contributed by atoms with Crippen LogP contribution in [0.5, 0.6) is 0 Å². The zero-order chi connectivity index (χ0) is 24.3. The lowest BCUT2D eigenvalue weighted by molar-refractivity contribution is -0.385. The highest BCUT2D eigenvalue weighted by molar-refractivity contribution is 7.92. The van der Waals surface area contributed by atoms with Gasteiger partial charge >= 0.3 is 0 Å². The number of para-hydroxylation sites is 1. The number of sulfonamides is 1. The maximum atomic E-state index is 13.6. The molecule has 4 rings (SSSR count). The Labute approximate surface area is 202 Å². The van der Waals surface area contributed by atoms with Crippen molar-refractivity contribution < 1.29 is 17.7 Å². The number of anilines is 1. The minimum absolute atomic E-state index is 0.0721. The Morgan fingerprint density at radius 3 is 2.24 bits per heavy atom. The van der Waals surface area contributed by atoms with Gasteiger partial charge in [-0.15, -0.1) is 0 Å². The van der Waals surface area contributed by atoms with E-state index in [-0.39, 0.29) is 16.6 Å². The number of piperidine rings is 1. The minimum Gasteiger partial charge on any atom is -0.299 e. The number of hydrogen-bond acceptors (Lipinski definition) is 5. The number of likely N-dealkylation sites (tertiary alicyclic amines) is 1. The van der Waals surface area contributed by atoms with E-state index in [1.54, 1.807) is 18.2 Å². The highest BCUT2D eigenvalue weighted by Crippen LogP contribution is 2.32. The minimum atomic E-state index is -3.93. The van der Waals surface area contributed by atoms with Gasteiger partial charge in [0.1, 0.15) is 5.82 Å².